The van der Waals surface area contributed by atoms with E-state index >= 15 is 0 Å². The minimum atomic E-state index is -0.0223. The van der Waals surface area contributed by atoms with E-state index in [1.807, 2.05) is 6.92 Å². The van der Waals surface area contributed by atoms with E-state index < -0.39 is 0 Å². The molecule has 1 N–H and O–H groups in total. The SMILES string of the molecule is Cc1ccc(=O)n(CCN2CCCCC2CNc2ncnc3c2CCCCC3)n1. The topological polar surface area (TPSA) is 75.9 Å². The van der Waals surface area contributed by atoms with Crippen molar-refractivity contribution in [2.45, 2.75) is 70.9 Å². The lowest BCUT2D eigenvalue weighted by Crippen LogP contribution is -2.45. The summed E-state index contributed by atoms with van der Waals surface area (Å²) < 4.78 is 1.60. The molecule has 1 aliphatic carbocycles. The number of hydrogen-bond acceptors (Lipinski definition) is 6. The number of nitrogens with one attached hydrogen (secondary N) is 1. The number of fused-ring (bicyclic) bond motifs is 1. The predicted molar refractivity (Wildman–Crippen MR) is 114 cm³/mol. The summed E-state index contributed by atoms with van der Waals surface area (Å²) in [6.07, 6.45) is 11.2. The van der Waals surface area contributed by atoms with Crippen molar-refractivity contribution < 1.29 is 0 Å². The van der Waals surface area contributed by atoms with Gasteiger partial charge in [-0.3, -0.25) is 9.69 Å². The molecule has 29 heavy (non-hydrogen) atoms. The summed E-state index contributed by atoms with van der Waals surface area (Å²) in [4.78, 5) is 23.7. The Morgan fingerprint density at radius 1 is 1.07 bits per heavy atom. The minimum Gasteiger partial charge on any atom is -0.368 e. The molecule has 0 aromatic carbocycles. The van der Waals surface area contributed by atoms with Crippen molar-refractivity contribution >= 4 is 5.82 Å². The van der Waals surface area contributed by atoms with Crippen LogP contribution in [0.1, 0.15) is 55.5 Å². The Balaban J connectivity index is 1.40. The summed E-state index contributed by atoms with van der Waals surface area (Å²) in [5.74, 6) is 1.03. The molecule has 2 aliphatic rings. The molecule has 0 bridgehead atoms. The summed E-state index contributed by atoms with van der Waals surface area (Å²) in [5, 5.41) is 8.02. The van der Waals surface area contributed by atoms with Gasteiger partial charge in [-0.1, -0.05) is 12.8 Å². The highest BCUT2D eigenvalue weighted by Gasteiger charge is 2.23. The van der Waals surface area contributed by atoms with Crippen molar-refractivity contribution in [1.29, 1.82) is 0 Å². The Labute approximate surface area is 172 Å². The van der Waals surface area contributed by atoms with Crippen LogP contribution in [0.2, 0.25) is 0 Å². The first kappa shape index (κ1) is 20.0. The maximum absolute atomic E-state index is 12.1. The summed E-state index contributed by atoms with van der Waals surface area (Å²) in [6, 6.07) is 3.84. The number of aromatic nitrogens is 4. The Hall–Kier alpha value is -2.28. The van der Waals surface area contributed by atoms with Crippen molar-refractivity contribution in [1.82, 2.24) is 24.6 Å². The number of piperidine rings is 1. The molecular formula is C22H32N6O. The Morgan fingerprint density at radius 2 is 1.97 bits per heavy atom. The van der Waals surface area contributed by atoms with Crippen molar-refractivity contribution in [3.05, 3.63) is 45.8 Å². The van der Waals surface area contributed by atoms with Gasteiger partial charge in [0.25, 0.3) is 5.56 Å². The normalized spacial score (nSPS) is 20.1. The van der Waals surface area contributed by atoms with E-state index in [0.717, 1.165) is 44.0 Å². The molecule has 1 atom stereocenters. The molecule has 7 heteroatoms. The number of hydrogen-bond donors (Lipinski definition) is 1. The smallest absolute Gasteiger partial charge is 0.266 e. The predicted octanol–water partition coefficient (Wildman–Crippen LogP) is 2.58. The van der Waals surface area contributed by atoms with Gasteiger partial charge in [0.15, 0.2) is 0 Å². The van der Waals surface area contributed by atoms with Crippen LogP contribution in [0.25, 0.3) is 0 Å². The van der Waals surface area contributed by atoms with Crippen LogP contribution in [0, 0.1) is 6.92 Å². The molecule has 1 saturated heterocycles. The fourth-order valence-electron chi connectivity index (χ4n) is 4.58. The van der Waals surface area contributed by atoms with Crippen LogP contribution in [-0.2, 0) is 19.4 Å². The third kappa shape index (κ3) is 5.01. The third-order valence-corrected chi connectivity index (χ3v) is 6.23. The molecular weight excluding hydrogens is 364 g/mol. The monoisotopic (exact) mass is 396 g/mol. The maximum atomic E-state index is 12.1. The second-order valence-electron chi connectivity index (χ2n) is 8.31. The zero-order valence-electron chi connectivity index (χ0n) is 17.4. The molecule has 1 unspecified atom stereocenters. The average Bonchev–Trinajstić information content (AvgIpc) is 2.99. The van der Waals surface area contributed by atoms with E-state index in [-0.39, 0.29) is 5.56 Å². The maximum Gasteiger partial charge on any atom is 0.266 e. The summed E-state index contributed by atoms with van der Waals surface area (Å²) in [6.45, 7) is 5.38. The van der Waals surface area contributed by atoms with E-state index in [4.69, 9.17) is 0 Å². The van der Waals surface area contributed by atoms with Gasteiger partial charge in [-0.25, -0.2) is 14.6 Å². The van der Waals surface area contributed by atoms with Crippen LogP contribution in [0.5, 0.6) is 0 Å². The van der Waals surface area contributed by atoms with E-state index in [0.29, 0.717) is 12.6 Å². The summed E-state index contributed by atoms with van der Waals surface area (Å²) in [7, 11) is 0. The van der Waals surface area contributed by atoms with Gasteiger partial charge >= 0.3 is 0 Å². The van der Waals surface area contributed by atoms with Gasteiger partial charge in [0.1, 0.15) is 12.1 Å². The van der Waals surface area contributed by atoms with Crippen LogP contribution < -0.4 is 10.9 Å². The first-order chi connectivity index (χ1) is 14.2. The van der Waals surface area contributed by atoms with Crippen molar-refractivity contribution in [2.75, 3.05) is 25.0 Å². The number of rotatable bonds is 6. The molecule has 2 aromatic rings. The van der Waals surface area contributed by atoms with Crippen LogP contribution >= 0.6 is 0 Å². The molecule has 0 radical (unpaired) electrons. The number of anilines is 1. The molecule has 2 aromatic heterocycles. The third-order valence-electron chi connectivity index (χ3n) is 6.23. The second kappa shape index (κ2) is 9.48. The lowest BCUT2D eigenvalue weighted by Gasteiger charge is -2.36. The van der Waals surface area contributed by atoms with E-state index in [2.05, 4.69) is 25.3 Å². The van der Waals surface area contributed by atoms with E-state index in [9.17, 15) is 4.79 Å². The number of aryl methyl sites for hydroxylation is 2. The quantitative estimate of drug-likeness (QED) is 0.757. The molecule has 1 aliphatic heterocycles. The zero-order chi connectivity index (χ0) is 20.1. The Kier molecular flexibility index (Phi) is 6.54. The molecule has 0 saturated carbocycles. The average molecular weight is 397 g/mol. The van der Waals surface area contributed by atoms with Crippen molar-refractivity contribution in [3.8, 4) is 0 Å². The highest BCUT2D eigenvalue weighted by atomic mass is 16.1. The number of nitrogens with zero attached hydrogens (tertiary/aromatic N) is 5. The minimum absolute atomic E-state index is 0.0223. The zero-order valence-corrected chi connectivity index (χ0v) is 17.4. The van der Waals surface area contributed by atoms with Gasteiger partial charge in [-0.2, -0.15) is 5.10 Å². The highest BCUT2D eigenvalue weighted by molar-refractivity contribution is 5.46. The summed E-state index contributed by atoms with van der Waals surface area (Å²) >= 11 is 0. The Morgan fingerprint density at radius 3 is 2.90 bits per heavy atom. The molecule has 0 spiro atoms. The first-order valence-electron chi connectivity index (χ1n) is 11.1. The largest absolute Gasteiger partial charge is 0.368 e. The van der Waals surface area contributed by atoms with Gasteiger partial charge in [-0.15, -0.1) is 0 Å². The van der Waals surface area contributed by atoms with Crippen LogP contribution in [-0.4, -0.2) is 50.3 Å². The highest BCUT2D eigenvalue weighted by Crippen LogP contribution is 2.24. The van der Waals surface area contributed by atoms with Gasteiger partial charge in [0.2, 0.25) is 0 Å². The lowest BCUT2D eigenvalue weighted by atomic mass is 10.0. The fourth-order valence-corrected chi connectivity index (χ4v) is 4.58. The molecule has 156 valence electrons. The van der Waals surface area contributed by atoms with E-state index in [1.165, 1.54) is 49.8 Å². The molecule has 7 nitrogen and oxygen atoms in total. The van der Waals surface area contributed by atoms with Crippen LogP contribution in [0.3, 0.4) is 0 Å². The summed E-state index contributed by atoms with van der Waals surface area (Å²) in [5.41, 5.74) is 3.41. The van der Waals surface area contributed by atoms with E-state index in [1.54, 1.807) is 23.1 Å². The standard InChI is InChI=1S/C22H32N6O/c1-17-10-11-21(29)28(26-17)14-13-27-12-6-5-7-18(27)15-23-22-19-8-3-2-4-9-20(19)24-16-25-22/h10-11,16,18H,2-9,12-15H2,1H3,(H,23,24,25). The molecule has 3 heterocycles. The van der Waals surface area contributed by atoms with Gasteiger partial charge < -0.3 is 5.32 Å². The molecule has 1 fully saturated rings. The second-order valence-corrected chi connectivity index (χ2v) is 8.31. The van der Waals surface area contributed by atoms with Gasteiger partial charge in [0.05, 0.1) is 12.2 Å². The lowest BCUT2D eigenvalue weighted by molar-refractivity contribution is 0.148. The van der Waals surface area contributed by atoms with Crippen molar-refractivity contribution in [3.63, 3.8) is 0 Å². The Bertz CT molecular complexity index is 880. The first-order valence-corrected chi connectivity index (χ1v) is 11.1. The fraction of sp³-hybridized carbons (Fsp3) is 0.636. The van der Waals surface area contributed by atoms with Crippen molar-refractivity contribution in [2.24, 2.45) is 0 Å². The molecule has 0 amide bonds. The molecule has 4 rings (SSSR count). The van der Waals surface area contributed by atoms with Gasteiger partial charge in [0, 0.05) is 36.5 Å². The van der Waals surface area contributed by atoms with Crippen LogP contribution in [0.15, 0.2) is 23.3 Å². The van der Waals surface area contributed by atoms with Gasteiger partial charge in [-0.05, 0) is 58.1 Å². The van der Waals surface area contributed by atoms with Crippen LogP contribution in [0.4, 0.5) is 5.82 Å². The number of likely N-dealkylation sites (tertiary alicyclic amines) is 1.